The van der Waals surface area contributed by atoms with E-state index in [0.717, 1.165) is 22.2 Å². The van der Waals surface area contributed by atoms with Crippen LogP contribution in [0.25, 0.3) is 11.3 Å². The van der Waals surface area contributed by atoms with Crippen molar-refractivity contribution in [2.75, 3.05) is 6.54 Å². The molecule has 0 atom stereocenters. The molecule has 4 nitrogen and oxygen atoms in total. The molecule has 0 bridgehead atoms. The molecule has 0 unspecified atom stereocenters. The van der Waals surface area contributed by atoms with Crippen LogP contribution in [0.15, 0.2) is 52.4 Å². The molecule has 112 valence electrons. The summed E-state index contributed by atoms with van der Waals surface area (Å²) in [6.07, 6.45) is 2.41. The SMILES string of the molecule is O=C(NCCc1cccs1)c1cn[nH]c1-c1cccc(Br)c1. The fraction of sp³-hybridized carbons (Fsp3) is 0.125. The van der Waals surface area contributed by atoms with Gasteiger partial charge in [-0.2, -0.15) is 5.10 Å². The van der Waals surface area contributed by atoms with E-state index in [0.29, 0.717) is 12.1 Å². The molecular formula is C16H14BrN3OS. The Labute approximate surface area is 140 Å². The smallest absolute Gasteiger partial charge is 0.255 e. The van der Waals surface area contributed by atoms with Crippen molar-refractivity contribution < 1.29 is 4.79 Å². The highest BCUT2D eigenvalue weighted by Gasteiger charge is 2.15. The van der Waals surface area contributed by atoms with Gasteiger partial charge in [-0.05, 0) is 30.0 Å². The van der Waals surface area contributed by atoms with Crippen LogP contribution in [0, 0.1) is 0 Å². The van der Waals surface area contributed by atoms with Crippen LogP contribution in [0.1, 0.15) is 15.2 Å². The number of carbonyl (C=O) groups excluding carboxylic acids is 1. The van der Waals surface area contributed by atoms with Crippen LogP contribution < -0.4 is 5.32 Å². The number of amides is 1. The van der Waals surface area contributed by atoms with Crippen LogP contribution >= 0.6 is 27.3 Å². The lowest BCUT2D eigenvalue weighted by Gasteiger charge is -2.05. The predicted octanol–water partition coefficient (Wildman–Crippen LogP) is 3.87. The lowest BCUT2D eigenvalue weighted by molar-refractivity contribution is 0.0955. The minimum Gasteiger partial charge on any atom is -0.352 e. The zero-order valence-corrected chi connectivity index (χ0v) is 14.1. The molecule has 0 fully saturated rings. The molecule has 3 rings (SSSR count). The van der Waals surface area contributed by atoms with Gasteiger partial charge in [-0.3, -0.25) is 9.89 Å². The van der Waals surface area contributed by atoms with Crippen LogP contribution in [-0.4, -0.2) is 22.6 Å². The van der Waals surface area contributed by atoms with Gasteiger partial charge < -0.3 is 5.32 Å². The summed E-state index contributed by atoms with van der Waals surface area (Å²) >= 11 is 5.14. The number of hydrogen-bond donors (Lipinski definition) is 2. The Morgan fingerprint density at radius 3 is 3.00 bits per heavy atom. The Bertz CT molecular complexity index is 767. The van der Waals surface area contributed by atoms with Crippen LogP contribution in [-0.2, 0) is 6.42 Å². The fourth-order valence-corrected chi connectivity index (χ4v) is 3.28. The Morgan fingerprint density at radius 1 is 1.32 bits per heavy atom. The second kappa shape index (κ2) is 6.89. The van der Waals surface area contributed by atoms with Gasteiger partial charge in [-0.15, -0.1) is 11.3 Å². The number of aromatic nitrogens is 2. The van der Waals surface area contributed by atoms with Crippen molar-refractivity contribution in [1.29, 1.82) is 0 Å². The van der Waals surface area contributed by atoms with Crippen LogP contribution in [0.2, 0.25) is 0 Å². The van der Waals surface area contributed by atoms with Crippen molar-refractivity contribution >= 4 is 33.2 Å². The number of rotatable bonds is 5. The summed E-state index contributed by atoms with van der Waals surface area (Å²) in [7, 11) is 0. The van der Waals surface area contributed by atoms with Crippen LogP contribution in [0.3, 0.4) is 0 Å². The molecule has 0 saturated carbocycles. The van der Waals surface area contributed by atoms with Gasteiger partial charge in [0.2, 0.25) is 0 Å². The van der Waals surface area contributed by atoms with E-state index in [2.05, 4.69) is 37.5 Å². The van der Waals surface area contributed by atoms with E-state index in [1.165, 1.54) is 4.88 Å². The topological polar surface area (TPSA) is 57.8 Å². The summed E-state index contributed by atoms with van der Waals surface area (Å²) in [4.78, 5) is 13.6. The first kappa shape index (κ1) is 15.0. The number of nitrogens with one attached hydrogen (secondary N) is 2. The van der Waals surface area contributed by atoms with Gasteiger partial charge in [-0.1, -0.05) is 34.1 Å². The van der Waals surface area contributed by atoms with Gasteiger partial charge in [0.1, 0.15) is 0 Å². The molecule has 1 aromatic carbocycles. The maximum atomic E-state index is 12.3. The number of H-pyrrole nitrogens is 1. The summed E-state index contributed by atoms with van der Waals surface area (Å²) in [5.41, 5.74) is 2.22. The van der Waals surface area contributed by atoms with Gasteiger partial charge in [0.25, 0.3) is 5.91 Å². The van der Waals surface area contributed by atoms with E-state index < -0.39 is 0 Å². The first-order valence-electron chi connectivity index (χ1n) is 6.84. The molecule has 2 heterocycles. The summed E-state index contributed by atoms with van der Waals surface area (Å²) in [5.74, 6) is -0.111. The average Bonchev–Trinajstić information content (AvgIpc) is 3.18. The Hall–Kier alpha value is -1.92. The van der Waals surface area contributed by atoms with E-state index in [1.54, 1.807) is 17.5 Å². The molecule has 0 radical (unpaired) electrons. The monoisotopic (exact) mass is 375 g/mol. The molecule has 6 heteroatoms. The molecule has 0 aliphatic carbocycles. The molecule has 2 N–H and O–H groups in total. The van der Waals surface area contributed by atoms with Crippen LogP contribution in [0.4, 0.5) is 0 Å². The second-order valence-electron chi connectivity index (χ2n) is 4.75. The number of aromatic amines is 1. The first-order chi connectivity index (χ1) is 10.7. The highest BCUT2D eigenvalue weighted by Crippen LogP contribution is 2.24. The molecule has 0 saturated heterocycles. The Morgan fingerprint density at radius 2 is 2.23 bits per heavy atom. The second-order valence-corrected chi connectivity index (χ2v) is 6.70. The Balaban J connectivity index is 1.70. The van der Waals surface area contributed by atoms with E-state index in [-0.39, 0.29) is 5.91 Å². The largest absolute Gasteiger partial charge is 0.352 e. The molecule has 22 heavy (non-hydrogen) atoms. The number of thiophene rings is 1. The lowest BCUT2D eigenvalue weighted by atomic mass is 10.1. The van der Waals surface area contributed by atoms with Crippen molar-refractivity contribution in [2.45, 2.75) is 6.42 Å². The van der Waals surface area contributed by atoms with E-state index >= 15 is 0 Å². The molecule has 2 aromatic heterocycles. The molecule has 0 aliphatic rings. The molecule has 0 aliphatic heterocycles. The third-order valence-corrected chi connectivity index (χ3v) is 4.66. The third-order valence-electron chi connectivity index (χ3n) is 3.23. The number of hydrogen-bond acceptors (Lipinski definition) is 3. The number of carbonyl (C=O) groups is 1. The van der Waals surface area contributed by atoms with Crippen LogP contribution in [0.5, 0.6) is 0 Å². The highest BCUT2D eigenvalue weighted by atomic mass is 79.9. The summed E-state index contributed by atoms with van der Waals surface area (Å²) in [5, 5.41) is 11.9. The predicted molar refractivity (Wildman–Crippen MR) is 92.1 cm³/mol. The zero-order chi connectivity index (χ0) is 15.4. The normalized spacial score (nSPS) is 10.6. The number of benzene rings is 1. The zero-order valence-electron chi connectivity index (χ0n) is 11.7. The van der Waals surface area contributed by atoms with Crippen molar-refractivity contribution in [3.63, 3.8) is 0 Å². The standard InChI is InChI=1S/C16H14BrN3OS/c17-12-4-1-3-11(9-12)15-14(10-19-20-15)16(21)18-7-6-13-5-2-8-22-13/h1-5,8-10H,6-7H2,(H,18,21)(H,19,20). The maximum absolute atomic E-state index is 12.3. The number of halogens is 1. The van der Waals surface area contributed by atoms with E-state index in [1.807, 2.05) is 35.7 Å². The van der Waals surface area contributed by atoms with Crippen molar-refractivity contribution in [1.82, 2.24) is 15.5 Å². The van der Waals surface area contributed by atoms with Gasteiger partial charge >= 0.3 is 0 Å². The Kier molecular flexibility index (Phi) is 4.70. The maximum Gasteiger partial charge on any atom is 0.255 e. The minimum atomic E-state index is -0.111. The number of nitrogens with zero attached hydrogens (tertiary/aromatic N) is 1. The molecule has 0 spiro atoms. The molecule has 1 amide bonds. The van der Waals surface area contributed by atoms with Gasteiger partial charge in [0.15, 0.2) is 0 Å². The summed E-state index contributed by atoms with van der Waals surface area (Å²) < 4.78 is 0.962. The quantitative estimate of drug-likeness (QED) is 0.710. The van der Waals surface area contributed by atoms with Gasteiger partial charge in [-0.25, -0.2) is 0 Å². The van der Waals surface area contributed by atoms with Crippen molar-refractivity contribution in [3.8, 4) is 11.3 Å². The third kappa shape index (κ3) is 3.45. The van der Waals surface area contributed by atoms with Gasteiger partial charge in [0, 0.05) is 21.5 Å². The average molecular weight is 376 g/mol. The molecule has 3 aromatic rings. The summed E-state index contributed by atoms with van der Waals surface area (Å²) in [6, 6.07) is 11.9. The van der Waals surface area contributed by atoms with E-state index in [4.69, 9.17) is 0 Å². The fourth-order valence-electron chi connectivity index (χ4n) is 2.17. The summed E-state index contributed by atoms with van der Waals surface area (Å²) in [6.45, 7) is 0.614. The van der Waals surface area contributed by atoms with Gasteiger partial charge in [0.05, 0.1) is 17.5 Å². The lowest BCUT2D eigenvalue weighted by Crippen LogP contribution is -2.25. The van der Waals surface area contributed by atoms with E-state index in [9.17, 15) is 4.79 Å². The highest BCUT2D eigenvalue weighted by molar-refractivity contribution is 9.10. The minimum absolute atomic E-state index is 0.111. The van der Waals surface area contributed by atoms with Crippen molar-refractivity contribution in [3.05, 3.63) is 62.9 Å². The first-order valence-corrected chi connectivity index (χ1v) is 8.51. The van der Waals surface area contributed by atoms with Crippen molar-refractivity contribution in [2.24, 2.45) is 0 Å². The molecular weight excluding hydrogens is 362 g/mol.